The van der Waals surface area contributed by atoms with Gasteiger partial charge in [0, 0.05) is 41.7 Å². The highest BCUT2D eigenvalue weighted by atomic mass is 19.4. The molecule has 1 aliphatic rings. The number of hydrogen-bond donors (Lipinski definition) is 1. The molecule has 0 saturated heterocycles. The van der Waals surface area contributed by atoms with E-state index in [0.29, 0.717) is 55.3 Å². The van der Waals surface area contributed by atoms with E-state index in [9.17, 15) is 22.8 Å². The fourth-order valence-corrected chi connectivity index (χ4v) is 4.04. The average molecular weight is 422 g/mol. The van der Waals surface area contributed by atoms with E-state index >= 15 is 0 Å². The number of H-pyrrole nitrogens is 1. The summed E-state index contributed by atoms with van der Waals surface area (Å²) in [6, 6.07) is 4.19. The van der Waals surface area contributed by atoms with Crippen molar-refractivity contribution in [1.82, 2.24) is 4.98 Å². The maximum absolute atomic E-state index is 12.5. The molecule has 1 heterocycles. The molecular weight excluding hydrogens is 397 g/mol. The molecule has 162 valence electrons. The van der Waals surface area contributed by atoms with Crippen molar-refractivity contribution in [3.63, 3.8) is 0 Å². The van der Waals surface area contributed by atoms with Crippen LogP contribution in [0.2, 0.25) is 0 Å². The standard InChI is InChI=1S/C22H25F3N2O3/c1-3-5-18(21-19(28)6-4-7-20(21)29)26-11-10-15-13(2)27-17-9-8-14(12-16(15)17)30-22(23,24)25/h8-9,12,21,27H,3-7,10-11H2,1-2H3. The van der Waals surface area contributed by atoms with Crippen LogP contribution in [0.25, 0.3) is 10.9 Å². The normalized spacial score (nSPS) is 16.5. The number of fused-ring (bicyclic) bond motifs is 1. The summed E-state index contributed by atoms with van der Waals surface area (Å²) in [6.45, 7) is 4.17. The zero-order valence-corrected chi connectivity index (χ0v) is 17.1. The van der Waals surface area contributed by atoms with Crippen LogP contribution in [0.4, 0.5) is 13.2 Å². The lowest BCUT2D eigenvalue weighted by molar-refractivity contribution is -0.274. The number of aliphatic imine (C=N–C) groups is 1. The third-order valence-electron chi connectivity index (χ3n) is 5.33. The summed E-state index contributed by atoms with van der Waals surface area (Å²) < 4.78 is 41.7. The number of Topliss-reactive ketones (excluding diaryl/α,β-unsaturated/α-hetero) is 2. The van der Waals surface area contributed by atoms with Gasteiger partial charge in [0.05, 0.1) is 0 Å². The van der Waals surface area contributed by atoms with Crippen molar-refractivity contribution in [2.45, 2.75) is 58.7 Å². The molecule has 1 aliphatic carbocycles. The van der Waals surface area contributed by atoms with Crippen LogP contribution in [0.5, 0.6) is 5.75 Å². The van der Waals surface area contributed by atoms with E-state index in [1.54, 1.807) is 6.07 Å². The van der Waals surface area contributed by atoms with Gasteiger partial charge in [-0.15, -0.1) is 13.2 Å². The number of carbonyl (C=O) groups excluding carboxylic acids is 2. The molecule has 3 rings (SSSR count). The Balaban J connectivity index is 1.82. The monoisotopic (exact) mass is 422 g/mol. The summed E-state index contributed by atoms with van der Waals surface area (Å²) in [5.41, 5.74) is 3.03. The number of aromatic nitrogens is 1. The van der Waals surface area contributed by atoms with Gasteiger partial charge in [-0.05, 0) is 49.9 Å². The van der Waals surface area contributed by atoms with Gasteiger partial charge in [-0.3, -0.25) is 14.6 Å². The summed E-state index contributed by atoms with van der Waals surface area (Å²) in [4.78, 5) is 32.3. The number of rotatable bonds is 7. The summed E-state index contributed by atoms with van der Waals surface area (Å²) in [6.07, 6.45) is -1.50. The molecule has 8 heteroatoms. The van der Waals surface area contributed by atoms with Gasteiger partial charge in [0.25, 0.3) is 0 Å². The fourth-order valence-electron chi connectivity index (χ4n) is 4.04. The molecule has 0 amide bonds. The van der Waals surface area contributed by atoms with Crippen LogP contribution < -0.4 is 4.74 Å². The minimum atomic E-state index is -4.75. The summed E-state index contributed by atoms with van der Waals surface area (Å²) in [5, 5.41) is 0.645. The van der Waals surface area contributed by atoms with Gasteiger partial charge in [-0.1, -0.05) is 13.3 Å². The lowest BCUT2D eigenvalue weighted by Crippen LogP contribution is -2.35. The van der Waals surface area contributed by atoms with Gasteiger partial charge in [0.2, 0.25) is 0 Å². The van der Waals surface area contributed by atoms with Crippen LogP contribution in [0.3, 0.4) is 0 Å². The molecule has 0 unspecified atom stereocenters. The van der Waals surface area contributed by atoms with Crippen LogP contribution in [0.15, 0.2) is 23.2 Å². The smallest absolute Gasteiger partial charge is 0.406 e. The third-order valence-corrected chi connectivity index (χ3v) is 5.33. The maximum Gasteiger partial charge on any atom is 0.573 e. The zero-order chi connectivity index (χ0) is 21.9. The molecule has 1 fully saturated rings. The number of nitrogens with one attached hydrogen (secondary N) is 1. The molecule has 0 spiro atoms. The first kappa shape index (κ1) is 22.1. The van der Waals surface area contributed by atoms with Gasteiger partial charge < -0.3 is 9.72 Å². The summed E-state index contributed by atoms with van der Waals surface area (Å²) in [5.74, 6) is -1.12. The van der Waals surface area contributed by atoms with Crippen molar-refractivity contribution in [3.8, 4) is 5.75 Å². The molecule has 1 N–H and O–H groups in total. The van der Waals surface area contributed by atoms with Gasteiger partial charge in [-0.2, -0.15) is 0 Å². The molecule has 0 atom stereocenters. The maximum atomic E-state index is 12.5. The molecular formula is C22H25F3N2O3. The highest BCUT2D eigenvalue weighted by Crippen LogP contribution is 2.30. The number of aromatic amines is 1. The predicted molar refractivity (Wildman–Crippen MR) is 108 cm³/mol. The van der Waals surface area contributed by atoms with Crippen molar-refractivity contribution in [2.24, 2.45) is 10.9 Å². The Kier molecular flexibility index (Phi) is 6.63. The van der Waals surface area contributed by atoms with Crippen LogP contribution in [0.1, 0.15) is 50.3 Å². The largest absolute Gasteiger partial charge is 0.573 e. The Hall–Kier alpha value is -2.64. The third kappa shape index (κ3) is 5.09. The van der Waals surface area contributed by atoms with E-state index in [0.717, 1.165) is 17.7 Å². The average Bonchev–Trinajstić information content (AvgIpc) is 2.95. The van der Waals surface area contributed by atoms with E-state index in [1.807, 2.05) is 13.8 Å². The summed E-state index contributed by atoms with van der Waals surface area (Å²) in [7, 11) is 0. The number of halogens is 3. The van der Waals surface area contributed by atoms with Crippen LogP contribution in [-0.4, -0.2) is 35.2 Å². The quantitative estimate of drug-likeness (QED) is 0.499. The molecule has 1 aromatic heterocycles. The minimum absolute atomic E-state index is 0.0596. The van der Waals surface area contributed by atoms with Gasteiger partial charge >= 0.3 is 6.36 Å². The van der Waals surface area contributed by atoms with Crippen molar-refractivity contribution in [3.05, 3.63) is 29.5 Å². The Bertz CT molecular complexity index is 960. The predicted octanol–water partition coefficient (Wildman–Crippen LogP) is 5.10. The number of carbonyl (C=O) groups is 2. The molecule has 1 aromatic carbocycles. The first-order valence-electron chi connectivity index (χ1n) is 10.1. The lowest BCUT2D eigenvalue weighted by Gasteiger charge is -2.21. The van der Waals surface area contributed by atoms with Crippen LogP contribution >= 0.6 is 0 Å². The number of ketones is 2. The lowest BCUT2D eigenvalue weighted by atomic mass is 9.82. The topological polar surface area (TPSA) is 71.5 Å². The molecule has 30 heavy (non-hydrogen) atoms. The highest BCUT2D eigenvalue weighted by Gasteiger charge is 2.33. The summed E-state index contributed by atoms with van der Waals surface area (Å²) >= 11 is 0. The molecule has 0 aliphatic heterocycles. The van der Waals surface area contributed by atoms with E-state index in [4.69, 9.17) is 0 Å². The first-order chi connectivity index (χ1) is 14.2. The van der Waals surface area contributed by atoms with E-state index in [2.05, 4.69) is 14.7 Å². The zero-order valence-electron chi connectivity index (χ0n) is 17.1. The Morgan fingerprint density at radius 1 is 1.23 bits per heavy atom. The molecule has 2 aromatic rings. The Morgan fingerprint density at radius 3 is 2.57 bits per heavy atom. The number of hydrogen-bond acceptors (Lipinski definition) is 4. The van der Waals surface area contributed by atoms with Crippen LogP contribution in [-0.2, 0) is 16.0 Å². The second-order valence-corrected chi connectivity index (χ2v) is 7.58. The Morgan fingerprint density at radius 2 is 1.93 bits per heavy atom. The number of alkyl halides is 3. The van der Waals surface area contributed by atoms with E-state index in [1.165, 1.54) is 12.1 Å². The second kappa shape index (κ2) is 9.02. The number of aryl methyl sites for hydroxylation is 1. The number of benzene rings is 1. The van der Waals surface area contributed by atoms with Crippen molar-refractivity contribution >= 4 is 28.2 Å². The molecule has 0 bridgehead atoms. The van der Waals surface area contributed by atoms with Crippen molar-refractivity contribution < 1.29 is 27.5 Å². The van der Waals surface area contributed by atoms with Crippen molar-refractivity contribution in [2.75, 3.05) is 6.54 Å². The molecule has 0 radical (unpaired) electrons. The van der Waals surface area contributed by atoms with E-state index < -0.39 is 12.3 Å². The minimum Gasteiger partial charge on any atom is -0.406 e. The fraction of sp³-hybridized carbons (Fsp3) is 0.500. The molecule has 5 nitrogen and oxygen atoms in total. The first-order valence-corrected chi connectivity index (χ1v) is 10.1. The SMILES string of the molecule is CCCC(=NCCc1c(C)[nH]c2ccc(OC(F)(F)F)cc12)C1C(=O)CCCC1=O. The second-order valence-electron chi connectivity index (χ2n) is 7.58. The van der Waals surface area contributed by atoms with Gasteiger partial charge in [0.1, 0.15) is 23.2 Å². The highest BCUT2D eigenvalue weighted by molar-refractivity contribution is 6.22. The number of nitrogens with zero attached hydrogens (tertiary/aromatic N) is 1. The van der Waals surface area contributed by atoms with Gasteiger partial charge in [0.15, 0.2) is 0 Å². The Labute approximate surface area is 172 Å². The number of ether oxygens (including phenoxy) is 1. The van der Waals surface area contributed by atoms with Crippen molar-refractivity contribution in [1.29, 1.82) is 0 Å². The molecule has 1 saturated carbocycles. The van der Waals surface area contributed by atoms with Crippen LogP contribution in [0, 0.1) is 12.8 Å². The van der Waals surface area contributed by atoms with Gasteiger partial charge in [-0.25, -0.2) is 0 Å². The van der Waals surface area contributed by atoms with E-state index in [-0.39, 0.29) is 17.3 Å².